The molecule has 1 heterocycles. The summed E-state index contributed by atoms with van der Waals surface area (Å²) in [5, 5.41) is 2.25. The van der Waals surface area contributed by atoms with Crippen molar-refractivity contribution in [3.63, 3.8) is 0 Å². The zero-order valence-corrected chi connectivity index (χ0v) is 19.7. The number of amides is 1. The lowest BCUT2D eigenvalue weighted by Crippen LogP contribution is -2.25. The molecule has 1 N–H and O–H groups in total. The van der Waals surface area contributed by atoms with Crippen molar-refractivity contribution in [1.82, 2.24) is 5.32 Å². The number of fused-ring (bicyclic) bond motifs is 1. The van der Waals surface area contributed by atoms with Gasteiger partial charge in [-0.2, -0.15) is 0 Å². The van der Waals surface area contributed by atoms with Crippen LogP contribution in [0, 0.1) is 11.8 Å². The molecule has 170 valence electrons. The molecule has 1 aliphatic heterocycles. The number of sulfone groups is 1. The van der Waals surface area contributed by atoms with Gasteiger partial charge in [-0.05, 0) is 51.5 Å². The number of benzene rings is 2. The molecule has 0 unspecified atom stereocenters. The molecular formula is C25H29NO5S. The maximum absolute atomic E-state index is 12.2. The molecule has 0 aromatic heterocycles. The number of ether oxygens (including phenoxy) is 2. The number of rotatable bonds is 7. The van der Waals surface area contributed by atoms with Crippen LogP contribution >= 0.6 is 0 Å². The molecule has 6 nitrogen and oxygen atoms in total. The molecule has 1 amide bonds. The van der Waals surface area contributed by atoms with Crippen LogP contribution in [0.3, 0.4) is 0 Å². The van der Waals surface area contributed by atoms with E-state index in [4.69, 9.17) is 9.47 Å². The second-order valence-electron chi connectivity index (χ2n) is 8.62. The Balaban J connectivity index is 1.44. The highest BCUT2D eigenvalue weighted by Crippen LogP contribution is 2.41. The van der Waals surface area contributed by atoms with E-state index in [-0.39, 0.29) is 36.0 Å². The average molecular weight is 456 g/mol. The molecule has 0 radical (unpaired) electrons. The third-order valence-electron chi connectivity index (χ3n) is 5.09. The van der Waals surface area contributed by atoms with Crippen LogP contribution < -0.4 is 14.8 Å². The van der Waals surface area contributed by atoms with Crippen molar-refractivity contribution in [3.8, 4) is 23.3 Å². The minimum Gasteiger partial charge on any atom is -0.483 e. The highest BCUT2D eigenvalue weighted by molar-refractivity contribution is 7.92. The van der Waals surface area contributed by atoms with Crippen molar-refractivity contribution in [2.24, 2.45) is 0 Å². The van der Waals surface area contributed by atoms with E-state index in [1.54, 1.807) is 38.1 Å². The minimum absolute atomic E-state index is 0.156. The summed E-state index contributed by atoms with van der Waals surface area (Å²) in [5.41, 5.74) is 1.63. The molecular weight excluding hydrogens is 426 g/mol. The van der Waals surface area contributed by atoms with Gasteiger partial charge in [-0.15, -0.1) is 0 Å². The lowest BCUT2D eigenvalue weighted by molar-refractivity contribution is -0.120. The first kappa shape index (κ1) is 23.7. The van der Waals surface area contributed by atoms with Crippen molar-refractivity contribution in [2.45, 2.75) is 56.3 Å². The first-order chi connectivity index (χ1) is 15.1. The molecule has 0 bridgehead atoms. The van der Waals surface area contributed by atoms with Crippen LogP contribution in [0.4, 0.5) is 0 Å². The third kappa shape index (κ3) is 5.83. The van der Waals surface area contributed by atoms with E-state index in [0.717, 1.165) is 23.3 Å². The van der Waals surface area contributed by atoms with Gasteiger partial charge >= 0.3 is 0 Å². The monoisotopic (exact) mass is 455 g/mol. The summed E-state index contributed by atoms with van der Waals surface area (Å²) >= 11 is 0. The second kappa shape index (κ2) is 9.66. The van der Waals surface area contributed by atoms with Crippen LogP contribution in [0.25, 0.3) is 0 Å². The molecule has 32 heavy (non-hydrogen) atoms. The van der Waals surface area contributed by atoms with Crippen molar-refractivity contribution < 1.29 is 22.7 Å². The molecule has 0 aliphatic carbocycles. The van der Waals surface area contributed by atoms with Crippen molar-refractivity contribution in [1.29, 1.82) is 0 Å². The van der Waals surface area contributed by atoms with Crippen molar-refractivity contribution in [3.05, 3.63) is 53.6 Å². The Morgan fingerprint density at radius 2 is 1.88 bits per heavy atom. The SMILES string of the molecule is CC(C)S(=O)(=O)c1ccc(CC(=O)NCC#CCOc2cccc3c2OC(C)(C)C3)cc1. The van der Waals surface area contributed by atoms with Gasteiger partial charge in [0.1, 0.15) is 12.2 Å². The average Bonchev–Trinajstić information content (AvgIpc) is 3.05. The summed E-state index contributed by atoms with van der Waals surface area (Å²) in [6.45, 7) is 7.77. The van der Waals surface area contributed by atoms with E-state index in [9.17, 15) is 13.2 Å². The standard InChI is InChI=1S/C25H29NO5S/c1-18(2)32(28,29)21-12-10-19(11-13-21)16-23(27)26-14-5-6-15-30-22-9-7-8-20-17-25(3,4)31-24(20)22/h7-13,18H,14-17H2,1-4H3,(H,26,27). The summed E-state index contributed by atoms with van der Waals surface area (Å²) in [6.07, 6.45) is 0.997. The number of carbonyl (C=O) groups excluding carboxylic acids is 1. The summed E-state index contributed by atoms with van der Waals surface area (Å²) in [7, 11) is -3.31. The highest BCUT2D eigenvalue weighted by Gasteiger charge is 2.32. The van der Waals surface area contributed by atoms with Gasteiger partial charge in [0.2, 0.25) is 5.91 Å². The van der Waals surface area contributed by atoms with Crippen molar-refractivity contribution in [2.75, 3.05) is 13.2 Å². The molecule has 1 aliphatic rings. The van der Waals surface area contributed by atoms with Gasteiger partial charge in [0.25, 0.3) is 0 Å². The van der Waals surface area contributed by atoms with Crippen molar-refractivity contribution >= 4 is 15.7 Å². The van der Waals surface area contributed by atoms with Gasteiger partial charge in [0, 0.05) is 12.0 Å². The van der Waals surface area contributed by atoms with E-state index < -0.39 is 15.1 Å². The van der Waals surface area contributed by atoms with Crippen LogP contribution in [0.5, 0.6) is 11.5 Å². The minimum atomic E-state index is -3.31. The van der Waals surface area contributed by atoms with Gasteiger partial charge in [-0.1, -0.05) is 36.1 Å². The van der Waals surface area contributed by atoms with Gasteiger partial charge in [0.15, 0.2) is 21.3 Å². The number of hydrogen-bond donors (Lipinski definition) is 1. The Kier molecular flexibility index (Phi) is 7.15. The summed E-state index contributed by atoms with van der Waals surface area (Å²) < 4.78 is 36.0. The Hall–Kier alpha value is -2.98. The predicted molar refractivity (Wildman–Crippen MR) is 124 cm³/mol. The molecule has 2 aromatic rings. The Morgan fingerprint density at radius 3 is 2.56 bits per heavy atom. The lowest BCUT2D eigenvalue weighted by atomic mass is 10.0. The largest absolute Gasteiger partial charge is 0.483 e. The number of para-hydroxylation sites is 1. The van der Waals surface area contributed by atoms with E-state index in [1.807, 2.05) is 32.0 Å². The Bertz CT molecular complexity index is 1140. The zero-order chi connectivity index (χ0) is 23.4. The molecule has 7 heteroatoms. The second-order valence-corrected chi connectivity index (χ2v) is 11.1. The van der Waals surface area contributed by atoms with Crippen LogP contribution in [-0.4, -0.2) is 38.3 Å². The zero-order valence-electron chi connectivity index (χ0n) is 18.9. The third-order valence-corrected chi connectivity index (χ3v) is 7.26. The van der Waals surface area contributed by atoms with E-state index in [2.05, 4.69) is 17.2 Å². The Labute approximate surface area is 190 Å². The smallest absolute Gasteiger partial charge is 0.225 e. The normalized spacial score (nSPS) is 14.2. The van der Waals surface area contributed by atoms with Crippen LogP contribution in [0.1, 0.15) is 38.8 Å². The highest BCUT2D eigenvalue weighted by atomic mass is 32.2. The predicted octanol–water partition coefficient (Wildman–Crippen LogP) is 3.32. The topological polar surface area (TPSA) is 81.7 Å². The van der Waals surface area contributed by atoms with Crippen LogP contribution in [0.15, 0.2) is 47.4 Å². The first-order valence-corrected chi connectivity index (χ1v) is 12.1. The molecule has 0 atom stereocenters. The summed E-state index contributed by atoms with van der Waals surface area (Å²) in [5.74, 6) is 7.03. The molecule has 0 spiro atoms. The number of carbonyl (C=O) groups is 1. The lowest BCUT2D eigenvalue weighted by Gasteiger charge is -2.17. The van der Waals surface area contributed by atoms with Gasteiger partial charge in [0.05, 0.1) is 23.1 Å². The van der Waals surface area contributed by atoms with Crippen LogP contribution in [-0.2, 0) is 27.5 Å². The fraction of sp³-hybridized carbons (Fsp3) is 0.400. The molecule has 0 saturated carbocycles. The van der Waals surface area contributed by atoms with E-state index in [1.165, 1.54) is 0 Å². The van der Waals surface area contributed by atoms with Gasteiger partial charge in [-0.3, -0.25) is 4.79 Å². The summed E-state index contributed by atoms with van der Waals surface area (Å²) in [6, 6.07) is 12.3. The fourth-order valence-corrected chi connectivity index (χ4v) is 4.45. The van der Waals surface area contributed by atoms with Gasteiger partial charge in [-0.25, -0.2) is 8.42 Å². The fourth-order valence-electron chi connectivity index (χ4n) is 3.39. The molecule has 3 rings (SSSR count). The Morgan fingerprint density at radius 1 is 1.16 bits per heavy atom. The maximum atomic E-state index is 12.2. The summed E-state index contributed by atoms with van der Waals surface area (Å²) in [4.78, 5) is 12.4. The molecule has 2 aromatic carbocycles. The van der Waals surface area contributed by atoms with E-state index >= 15 is 0 Å². The van der Waals surface area contributed by atoms with E-state index in [0.29, 0.717) is 5.75 Å². The first-order valence-electron chi connectivity index (χ1n) is 10.6. The number of nitrogens with one attached hydrogen (secondary N) is 1. The van der Waals surface area contributed by atoms with Gasteiger partial charge < -0.3 is 14.8 Å². The van der Waals surface area contributed by atoms with Crippen LogP contribution in [0.2, 0.25) is 0 Å². The quantitative estimate of drug-likeness (QED) is 0.648. The number of hydrogen-bond acceptors (Lipinski definition) is 5. The molecule has 0 saturated heterocycles. The molecule has 0 fully saturated rings. The maximum Gasteiger partial charge on any atom is 0.225 e.